The Balaban J connectivity index is 3.36. The molecule has 0 aromatic heterocycles. The Labute approximate surface area is 70.9 Å². The van der Waals surface area contributed by atoms with Crippen molar-refractivity contribution in [3.8, 4) is 0 Å². The molecule has 0 fully saturated rings. The van der Waals surface area contributed by atoms with Gasteiger partial charge < -0.3 is 0 Å². The van der Waals surface area contributed by atoms with E-state index in [1.54, 1.807) is 0 Å². The summed E-state index contributed by atoms with van der Waals surface area (Å²) in [5.41, 5.74) is 1.66. The molecule has 0 aliphatic rings. The van der Waals surface area contributed by atoms with Crippen molar-refractivity contribution in [3.05, 3.63) is 0 Å². The quantitative estimate of drug-likeness (QED) is 0.438. The summed E-state index contributed by atoms with van der Waals surface area (Å²) < 4.78 is 0. The SMILES string of the molecule is CC(C)=NCCCC(C)(C)C. The van der Waals surface area contributed by atoms with E-state index in [2.05, 4.69) is 39.6 Å². The summed E-state index contributed by atoms with van der Waals surface area (Å²) in [4.78, 5) is 4.34. The van der Waals surface area contributed by atoms with Crippen molar-refractivity contribution in [2.24, 2.45) is 10.4 Å². The van der Waals surface area contributed by atoms with Crippen molar-refractivity contribution in [1.82, 2.24) is 0 Å². The zero-order chi connectivity index (χ0) is 8.91. The van der Waals surface area contributed by atoms with Gasteiger partial charge in [0, 0.05) is 12.3 Å². The molecule has 66 valence electrons. The average molecular weight is 155 g/mol. The van der Waals surface area contributed by atoms with Crippen LogP contribution >= 0.6 is 0 Å². The average Bonchev–Trinajstić information content (AvgIpc) is 1.78. The second-order valence-corrected chi connectivity index (χ2v) is 4.49. The standard InChI is InChI=1S/C10H21N/c1-9(2)11-8-6-7-10(3,4)5/h6-8H2,1-5H3. The highest BCUT2D eigenvalue weighted by Gasteiger charge is 2.08. The highest BCUT2D eigenvalue weighted by Crippen LogP contribution is 2.20. The lowest BCUT2D eigenvalue weighted by Crippen LogP contribution is -2.05. The first kappa shape index (κ1) is 10.7. The molecule has 11 heavy (non-hydrogen) atoms. The molecule has 0 aromatic rings. The third kappa shape index (κ3) is 9.67. The summed E-state index contributed by atoms with van der Waals surface area (Å²) in [6, 6.07) is 0. The maximum Gasteiger partial charge on any atom is 0.0388 e. The zero-order valence-corrected chi connectivity index (χ0v) is 8.57. The van der Waals surface area contributed by atoms with Crippen molar-refractivity contribution < 1.29 is 0 Å². The van der Waals surface area contributed by atoms with Gasteiger partial charge in [-0.1, -0.05) is 20.8 Å². The second-order valence-electron chi connectivity index (χ2n) is 4.49. The van der Waals surface area contributed by atoms with Gasteiger partial charge in [-0.15, -0.1) is 0 Å². The Kier molecular flexibility index (Phi) is 4.39. The highest BCUT2D eigenvalue weighted by atomic mass is 14.7. The fourth-order valence-electron chi connectivity index (χ4n) is 0.912. The van der Waals surface area contributed by atoms with Crippen molar-refractivity contribution >= 4 is 5.71 Å². The van der Waals surface area contributed by atoms with E-state index in [1.807, 2.05) is 0 Å². The third-order valence-corrected chi connectivity index (χ3v) is 1.51. The van der Waals surface area contributed by atoms with E-state index in [9.17, 15) is 0 Å². The Morgan fingerprint density at radius 1 is 1.18 bits per heavy atom. The van der Waals surface area contributed by atoms with Crippen LogP contribution in [0, 0.1) is 5.41 Å². The first-order valence-corrected chi connectivity index (χ1v) is 4.39. The topological polar surface area (TPSA) is 12.4 Å². The maximum absolute atomic E-state index is 4.34. The second kappa shape index (κ2) is 4.53. The molecular weight excluding hydrogens is 134 g/mol. The molecular formula is C10H21N. The van der Waals surface area contributed by atoms with Crippen LogP contribution in [0.3, 0.4) is 0 Å². The van der Waals surface area contributed by atoms with Crippen molar-refractivity contribution in [1.29, 1.82) is 0 Å². The van der Waals surface area contributed by atoms with E-state index in [-0.39, 0.29) is 0 Å². The van der Waals surface area contributed by atoms with Crippen LogP contribution < -0.4 is 0 Å². The molecule has 0 aliphatic heterocycles. The molecule has 0 N–H and O–H groups in total. The molecule has 0 aromatic carbocycles. The van der Waals surface area contributed by atoms with Gasteiger partial charge in [-0.3, -0.25) is 4.99 Å². The minimum absolute atomic E-state index is 0.469. The van der Waals surface area contributed by atoms with Gasteiger partial charge in [-0.25, -0.2) is 0 Å². The van der Waals surface area contributed by atoms with E-state index in [1.165, 1.54) is 18.6 Å². The van der Waals surface area contributed by atoms with Crippen LogP contribution in [0.5, 0.6) is 0 Å². The predicted octanol–water partition coefficient (Wildman–Crippen LogP) is 3.29. The minimum Gasteiger partial charge on any atom is -0.295 e. The number of hydrogen-bond donors (Lipinski definition) is 0. The molecule has 0 spiro atoms. The van der Waals surface area contributed by atoms with Crippen LogP contribution in [0.25, 0.3) is 0 Å². The fraction of sp³-hybridized carbons (Fsp3) is 0.900. The summed E-state index contributed by atoms with van der Waals surface area (Å²) in [7, 11) is 0. The van der Waals surface area contributed by atoms with Crippen molar-refractivity contribution in [2.45, 2.75) is 47.5 Å². The Hall–Kier alpha value is -0.330. The maximum atomic E-state index is 4.34. The normalized spacial score (nSPS) is 11.4. The van der Waals surface area contributed by atoms with Crippen LogP contribution in [0.2, 0.25) is 0 Å². The van der Waals surface area contributed by atoms with E-state index in [0.29, 0.717) is 5.41 Å². The molecule has 0 rings (SSSR count). The molecule has 0 bridgehead atoms. The van der Waals surface area contributed by atoms with Crippen LogP contribution in [0.1, 0.15) is 47.5 Å². The lowest BCUT2D eigenvalue weighted by molar-refractivity contribution is 0.368. The highest BCUT2D eigenvalue weighted by molar-refractivity contribution is 5.78. The molecule has 0 aliphatic carbocycles. The summed E-state index contributed by atoms with van der Waals surface area (Å²) in [6.45, 7) is 11.9. The van der Waals surface area contributed by atoms with Crippen LogP contribution in [-0.4, -0.2) is 12.3 Å². The van der Waals surface area contributed by atoms with E-state index in [4.69, 9.17) is 0 Å². The Morgan fingerprint density at radius 2 is 1.73 bits per heavy atom. The Morgan fingerprint density at radius 3 is 2.09 bits per heavy atom. The van der Waals surface area contributed by atoms with Crippen molar-refractivity contribution in [3.63, 3.8) is 0 Å². The van der Waals surface area contributed by atoms with Gasteiger partial charge in [-0.05, 0) is 32.1 Å². The molecule has 1 heteroatoms. The predicted molar refractivity (Wildman–Crippen MR) is 52.3 cm³/mol. The molecule has 0 radical (unpaired) electrons. The van der Waals surface area contributed by atoms with E-state index >= 15 is 0 Å². The van der Waals surface area contributed by atoms with Crippen LogP contribution in [-0.2, 0) is 0 Å². The van der Waals surface area contributed by atoms with E-state index < -0.39 is 0 Å². The van der Waals surface area contributed by atoms with Gasteiger partial charge in [0.1, 0.15) is 0 Å². The van der Waals surface area contributed by atoms with Gasteiger partial charge in [0.25, 0.3) is 0 Å². The summed E-state index contributed by atoms with van der Waals surface area (Å²) in [5.74, 6) is 0. The number of hydrogen-bond acceptors (Lipinski definition) is 1. The molecule has 0 unspecified atom stereocenters. The number of nitrogens with zero attached hydrogens (tertiary/aromatic N) is 1. The lowest BCUT2D eigenvalue weighted by Gasteiger charge is -2.16. The molecule has 0 saturated carbocycles. The monoisotopic (exact) mass is 155 g/mol. The third-order valence-electron chi connectivity index (χ3n) is 1.51. The van der Waals surface area contributed by atoms with Crippen molar-refractivity contribution in [2.75, 3.05) is 6.54 Å². The molecule has 0 heterocycles. The van der Waals surface area contributed by atoms with Crippen LogP contribution in [0.4, 0.5) is 0 Å². The van der Waals surface area contributed by atoms with Gasteiger partial charge in [-0.2, -0.15) is 0 Å². The molecule has 0 amide bonds. The van der Waals surface area contributed by atoms with Gasteiger partial charge in [0.05, 0.1) is 0 Å². The van der Waals surface area contributed by atoms with Gasteiger partial charge in [0.15, 0.2) is 0 Å². The summed E-state index contributed by atoms with van der Waals surface area (Å²) >= 11 is 0. The lowest BCUT2D eigenvalue weighted by atomic mass is 9.91. The summed E-state index contributed by atoms with van der Waals surface area (Å²) in [5, 5.41) is 0. The summed E-state index contributed by atoms with van der Waals surface area (Å²) in [6.07, 6.45) is 2.48. The fourth-order valence-corrected chi connectivity index (χ4v) is 0.912. The Bertz CT molecular complexity index is 124. The first-order valence-electron chi connectivity index (χ1n) is 4.39. The molecule has 1 nitrogen and oxygen atoms in total. The van der Waals surface area contributed by atoms with E-state index in [0.717, 1.165) is 6.54 Å². The molecule has 0 saturated heterocycles. The largest absolute Gasteiger partial charge is 0.295 e. The first-order chi connectivity index (χ1) is 4.92. The number of rotatable bonds is 3. The van der Waals surface area contributed by atoms with Gasteiger partial charge in [0.2, 0.25) is 0 Å². The van der Waals surface area contributed by atoms with Crippen LogP contribution in [0.15, 0.2) is 4.99 Å². The number of aliphatic imine (C=N–C) groups is 1. The smallest absolute Gasteiger partial charge is 0.0388 e. The zero-order valence-electron chi connectivity index (χ0n) is 8.57. The van der Waals surface area contributed by atoms with Gasteiger partial charge >= 0.3 is 0 Å². The minimum atomic E-state index is 0.469. The molecule has 0 atom stereocenters.